The summed E-state index contributed by atoms with van der Waals surface area (Å²) in [6.45, 7) is 0. The Morgan fingerprint density at radius 1 is 1.09 bits per heavy atom. The molecule has 0 saturated heterocycles. The van der Waals surface area contributed by atoms with Crippen LogP contribution in [0.25, 0.3) is 6.08 Å². The molecule has 2 aromatic rings. The van der Waals surface area contributed by atoms with Gasteiger partial charge in [0.05, 0.1) is 12.7 Å². The van der Waals surface area contributed by atoms with Gasteiger partial charge in [0, 0.05) is 12.1 Å². The van der Waals surface area contributed by atoms with Crippen LogP contribution in [0.4, 0.5) is 0 Å². The summed E-state index contributed by atoms with van der Waals surface area (Å²) in [6, 6.07) is 13.8. The van der Waals surface area contributed by atoms with Crippen LogP contribution in [-0.2, 0) is 4.79 Å². The van der Waals surface area contributed by atoms with E-state index in [0.717, 1.165) is 5.56 Å². The second-order valence-corrected chi connectivity index (χ2v) is 4.39. The van der Waals surface area contributed by atoms with Gasteiger partial charge in [-0.1, -0.05) is 30.3 Å². The molecule has 0 aliphatic rings. The molecule has 2 aromatic carbocycles. The summed E-state index contributed by atoms with van der Waals surface area (Å²) in [5, 5.41) is 0. The lowest BCUT2D eigenvalue weighted by Gasteiger charge is -2.08. The minimum atomic E-state index is -0.683. The van der Waals surface area contributed by atoms with E-state index in [1.165, 1.54) is 25.3 Å². The number of amides is 1. The zero-order chi connectivity index (χ0) is 15.9. The molecule has 0 spiro atoms. The molecule has 0 saturated carbocycles. The number of esters is 1. The van der Waals surface area contributed by atoms with Crippen molar-refractivity contribution in [3.8, 4) is 11.5 Å². The Balaban J connectivity index is 2.17. The minimum Gasteiger partial charge on any atom is -0.497 e. The standard InChI is InChI=1S/C17H15NO4/c1-21-13-8-9-14(17(18)20)15(11-13)22-16(19)10-7-12-5-3-2-4-6-12/h2-11H,1H3,(H2,18,20)/b10-7+. The predicted molar refractivity (Wildman–Crippen MR) is 82.6 cm³/mol. The largest absolute Gasteiger partial charge is 0.497 e. The quantitative estimate of drug-likeness (QED) is 0.522. The van der Waals surface area contributed by atoms with Crippen molar-refractivity contribution in [1.29, 1.82) is 0 Å². The summed E-state index contributed by atoms with van der Waals surface area (Å²) in [7, 11) is 1.47. The third-order valence-electron chi connectivity index (χ3n) is 2.88. The van der Waals surface area contributed by atoms with Crippen molar-refractivity contribution in [2.75, 3.05) is 7.11 Å². The molecule has 0 radical (unpaired) electrons. The monoisotopic (exact) mass is 297 g/mol. The van der Waals surface area contributed by atoms with Gasteiger partial charge < -0.3 is 15.2 Å². The van der Waals surface area contributed by atoms with Gasteiger partial charge in [-0.3, -0.25) is 4.79 Å². The van der Waals surface area contributed by atoms with Gasteiger partial charge in [-0.15, -0.1) is 0 Å². The van der Waals surface area contributed by atoms with E-state index in [1.54, 1.807) is 12.1 Å². The molecule has 0 aliphatic heterocycles. The van der Waals surface area contributed by atoms with Gasteiger partial charge in [0.15, 0.2) is 0 Å². The highest BCUT2D eigenvalue weighted by molar-refractivity contribution is 5.97. The third kappa shape index (κ3) is 3.96. The molecule has 2 rings (SSSR count). The smallest absolute Gasteiger partial charge is 0.336 e. The first kappa shape index (κ1) is 15.3. The van der Waals surface area contributed by atoms with Gasteiger partial charge in [-0.2, -0.15) is 0 Å². The summed E-state index contributed by atoms with van der Waals surface area (Å²) in [5.41, 5.74) is 6.23. The molecule has 1 amide bonds. The summed E-state index contributed by atoms with van der Waals surface area (Å²) < 4.78 is 10.2. The van der Waals surface area contributed by atoms with Crippen LogP contribution >= 0.6 is 0 Å². The first-order chi connectivity index (χ1) is 10.6. The second-order valence-electron chi connectivity index (χ2n) is 4.39. The minimum absolute atomic E-state index is 0.0644. The molecule has 0 aromatic heterocycles. The molecular formula is C17H15NO4. The van der Waals surface area contributed by atoms with Crippen molar-refractivity contribution in [3.63, 3.8) is 0 Å². The Labute approximate surface area is 128 Å². The van der Waals surface area contributed by atoms with E-state index < -0.39 is 11.9 Å². The van der Waals surface area contributed by atoms with Crippen molar-refractivity contribution >= 4 is 18.0 Å². The van der Waals surface area contributed by atoms with Crippen LogP contribution in [0.5, 0.6) is 11.5 Å². The van der Waals surface area contributed by atoms with Crippen LogP contribution < -0.4 is 15.2 Å². The topological polar surface area (TPSA) is 78.6 Å². The Morgan fingerprint density at radius 3 is 2.45 bits per heavy atom. The van der Waals surface area contributed by atoms with Gasteiger partial charge in [0.25, 0.3) is 5.91 Å². The number of hydrogen-bond donors (Lipinski definition) is 1. The van der Waals surface area contributed by atoms with Crippen LogP contribution in [-0.4, -0.2) is 19.0 Å². The second kappa shape index (κ2) is 7.08. The van der Waals surface area contributed by atoms with Gasteiger partial charge in [-0.05, 0) is 23.8 Å². The number of rotatable bonds is 5. The van der Waals surface area contributed by atoms with E-state index in [4.69, 9.17) is 15.2 Å². The summed E-state index contributed by atoms with van der Waals surface area (Å²) >= 11 is 0. The SMILES string of the molecule is COc1ccc(C(N)=O)c(OC(=O)/C=C/c2ccccc2)c1. The van der Waals surface area contributed by atoms with E-state index in [9.17, 15) is 9.59 Å². The molecule has 0 atom stereocenters. The van der Waals surface area contributed by atoms with Crippen molar-refractivity contribution in [3.05, 3.63) is 65.7 Å². The van der Waals surface area contributed by atoms with Crippen LogP contribution in [0.3, 0.4) is 0 Å². The normalized spacial score (nSPS) is 10.4. The molecular weight excluding hydrogens is 282 g/mol. The molecule has 112 valence electrons. The van der Waals surface area contributed by atoms with Crippen molar-refractivity contribution in [2.24, 2.45) is 5.73 Å². The highest BCUT2D eigenvalue weighted by Crippen LogP contribution is 2.24. The molecule has 5 heteroatoms. The first-order valence-electron chi connectivity index (χ1n) is 6.53. The van der Waals surface area contributed by atoms with E-state index >= 15 is 0 Å². The molecule has 0 unspecified atom stereocenters. The summed E-state index contributed by atoms with van der Waals surface area (Å²) in [4.78, 5) is 23.2. The Morgan fingerprint density at radius 2 is 1.82 bits per heavy atom. The zero-order valence-electron chi connectivity index (χ0n) is 12.0. The van der Waals surface area contributed by atoms with E-state index in [-0.39, 0.29) is 11.3 Å². The van der Waals surface area contributed by atoms with Gasteiger partial charge in [-0.25, -0.2) is 4.79 Å². The Bertz CT molecular complexity index is 708. The average Bonchev–Trinajstić information content (AvgIpc) is 2.53. The number of methoxy groups -OCH3 is 1. The van der Waals surface area contributed by atoms with Gasteiger partial charge >= 0.3 is 5.97 Å². The van der Waals surface area contributed by atoms with E-state index in [1.807, 2.05) is 30.3 Å². The van der Waals surface area contributed by atoms with Crippen molar-refractivity contribution in [2.45, 2.75) is 0 Å². The predicted octanol–water partition coefficient (Wildman–Crippen LogP) is 2.41. The number of ether oxygens (including phenoxy) is 2. The molecule has 0 aliphatic carbocycles. The summed E-state index contributed by atoms with van der Waals surface area (Å²) in [6.07, 6.45) is 2.89. The maximum atomic E-state index is 11.9. The van der Waals surface area contributed by atoms with Gasteiger partial charge in [0.2, 0.25) is 0 Å². The van der Waals surface area contributed by atoms with Crippen molar-refractivity contribution in [1.82, 2.24) is 0 Å². The number of primary amides is 1. The Kier molecular flexibility index (Phi) is 4.93. The van der Waals surface area contributed by atoms with Crippen molar-refractivity contribution < 1.29 is 19.1 Å². The molecule has 0 fully saturated rings. The molecule has 0 bridgehead atoms. The van der Waals surface area contributed by atoms with E-state index in [0.29, 0.717) is 5.75 Å². The third-order valence-corrected chi connectivity index (χ3v) is 2.88. The molecule has 0 heterocycles. The maximum absolute atomic E-state index is 11.9. The highest BCUT2D eigenvalue weighted by atomic mass is 16.5. The number of nitrogens with two attached hydrogens (primary N) is 1. The average molecular weight is 297 g/mol. The maximum Gasteiger partial charge on any atom is 0.336 e. The van der Waals surface area contributed by atoms with Crippen LogP contribution in [0.1, 0.15) is 15.9 Å². The lowest BCUT2D eigenvalue weighted by atomic mass is 10.2. The van der Waals surface area contributed by atoms with Gasteiger partial charge in [0.1, 0.15) is 11.5 Å². The first-order valence-corrected chi connectivity index (χ1v) is 6.53. The number of hydrogen-bond acceptors (Lipinski definition) is 4. The number of carbonyl (C=O) groups is 2. The fourth-order valence-electron chi connectivity index (χ4n) is 1.79. The van der Waals surface area contributed by atoms with E-state index in [2.05, 4.69) is 0 Å². The number of carbonyl (C=O) groups excluding carboxylic acids is 2. The lowest BCUT2D eigenvalue weighted by molar-refractivity contribution is -0.128. The molecule has 22 heavy (non-hydrogen) atoms. The fraction of sp³-hybridized carbons (Fsp3) is 0.0588. The fourth-order valence-corrected chi connectivity index (χ4v) is 1.79. The molecule has 5 nitrogen and oxygen atoms in total. The zero-order valence-corrected chi connectivity index (χ0v) is 12.0. The number of benzene rings is 2. The highest BCUT2D eigenvalue weighted by Gasteiger charge is 2.13. The Hall–Kier alpha value is -3.08. The lowest BCUT2D eigenvalue weighted by Crippen LogP contribution is -2.15. The van der Waals surface area contributed by atoms with Crippen LogP contribution in [0.2, 0.25) is 0 Å². The summed E-state index contributed by atoms with van der Waals surface area (Å²) in [5.74, 6) is -0.772. The van der Waals surface area contributed by atoms with Crippen LogP contribution in [0, 0.1) is 0 Å². The molecule has 2 N–H and O–H groups in total. The van der Waals surface area contributed by atoms with Crippen LogP contribution in [0.15, 0.2) is 54.6 Å².